The second-order valence-corrected chi connectivity index (χ2v) is 10.6. The number of carbonyl (C=O) groups excluding carboxylic acids is 4. The van der Waals surface area contributed by atoms with Crippen LogP contribution in [0, 0.1) is 12.8 Å². The molecule has 1 aromatic carbocycles. The Kier molecular flexibility index (Phi) is 13.1. The number of carbonyl (C=O) groups is 4. The van der Waals surface area contributed by atoms with Crippen LogP contribution in [0.15, 0.2) is 24.3 Å². The van der Waals surface area contributed by atoms with Crippen molar-refractivity contribution in [1.82, 2.24) is 15.5 Å². The minimum absolute atomic E-state index is 0.0250. The standard InChI is InChI=1S/C28H45N3O6/c1-9-36-24(33)15-16-29-26(34)25(22-12-10-11-20(4)17-22)31(21(5)14-13-19(2)3)23(32)18-30-27(35)37-28(6,7)8/h10-12,17,19,21,25H,9,13-16,18H2,1-8H3,(H,29,34)(H,30,35). The molecule has 37 heavy (non-hydrogen) atoms. The average molecular weight is 520 g/mol. The number of amides is 3. The first-order valence-corrected chi connectivity index (χ1v) is 13.0. The van der Waals surface area contributed by atoms with Crippen LogP contribution >= 0.6 is 0 Å². The molecular formula is C28H45N3O6. The number of hydrogen-bond acceptors (Lipinski definition) is 6. The Bertz CT molecular complexity index is 909. The largest absolute Gasteiger partial charge is 0.466 e. The Labute approximate surface area is 221 Å². The van der Waals surface area contributed by atoms with Crippen LogP contribution < -0.4 is 10.6 Å². The van der Waals surface area contributed by atoms with Gasteiger partial charge in [0.25, 0.3) is 0 Å². The molecule has 0 aliphatic heterocycles. The van der Waals surface area contributed by atoms with Gasteiger partial charge in [0.05, 0.1) is 13.0 Å². The van der Waals surface area contributed by atoms with E-state index in [1.165, 1.54) is 4.90 Å². The van der Waals surface area contributed by atoms with Gasteiger partial charge < -0.3 is 25.0 Å². The molecule has 0 aliphatic carbocycles. The third kappa shape index (κ3) is 12.1. The summed E-state index contributed by atoms with van der Waals surface area (Å²) < 4.78 is 10.2. The molecule has 0 aromatic heterocycles. The first kappa shape index (κ1) is 31.9. The Hall–Kier alpha value is -3.10. The van der Waals surface area contributed by atoms with Crippen molar-refractivity contribution in [2.75, 3.05) is 19.7 Å². The van der Waals surface area contributed by atoms with E-state index in [4.69, 9.17) is 9.47 Å². The van der Waals surface area contributed by atoms with Crippen molar-refractivity contribution < 1.29 is 28.7 Å². The highest BCUT2D eigenvalue weighted by Gasteiger charge is 2.35. The fourth-order valence-electron chi connectivity index (χ4n) is 3.81. The van der Waals surface area contributed by atoms with Crippen LogP contribution in [0.3, 0.4) is 0 Å². The third-order valence-corrected chi connectivity index (χ3v) is 5.53. The van der Waals surface area contributed by atoms with E-state index in [-0.39, 0.29) is 32.2 Å². The molecule has 1 rings (SSSR count). The average Bonchev–Trinajstić information content (AvgIpc) is 2.78. The molecule has 208 valence electrons. The SMILES string of the molecule is CCOC(=O)CCNC(=O)C(c1cccc(C)c1)N(C(=O)CNC(=O)OC(C)(C)C)C(C)CCC(C)C. The van der Waals surface area contributed by atoms with Gasteiger partial charge in [-0.3, -0.25) is 14.4 Å². The summed E-state index contributed by atoms with van der Waals surface area (Å²) in [5.41, 5.74) is 0.881. The number of hydrogen-bond donors (Lipinski definition) is 2. The molecule has 1 aromatic rings. The minimum Gasteiger partial charge on any atom is -0.466 e. The molecular weight excluding hydrogens is 474 g/mol. The molecule has 0 heterocycles. The first-order valence-electron chi connectivity index (χ1n) is 13.0. The van der Waals surface area contributed by atoms with Gasteiger partial charge in [0.2, 0.25) is 11.8 Å². The van der Waals surface area contributed by atoms with E-state index in [1.807, 2.05) is 32.0 Å². The van der Waals surface area contributed by atoms with Gasteiger partial charge in [0.15, 0.2) is 0 Å². The van der Waals surface area contributed by atoms with Crippen molar-refractivity contribution in [3.8, 4) is 0 Å². The van der Waals surface area contributed by atoms with Gasteiger partial charge in [0, 0.05) is 12.6 Å². The lowest BCUT2D eigenvalue weighted by Gasteiger charge is -2.37. The molecule has 2 atom stereocenters. The van der Waals surface area contributed by atoms with Crippen LogP contribution in [0.4, 0.5) is 4.79 Å². The lowest BCUT2D eigenvalue weighted by Crippen LogP contribution is -2.51. The number of nitrogens with zero attached hydrogens (tertiary/aromatic N) is 1. The smallest absolute Gasteiger partial charge is 0.408 e. The summed E-state index contributed by atoms with van der Waals surface area (Å²) in [6.07, 6.45) is 0.850. The summed E-state index contributed by atoms with van der Waals surface area (Å²) >= 11 is 0. The highest BCUT2D eigenvalue weighted by molar-refractivity contribution is 5.90. The number of alkyl carbamates (subject to hydrolysis) is 1. The highest BCUT2D eigenvalue weighted by atomic mass is 16.6. The van der Waals surface area contributed by atoms with Crippen LogP contribution in [-0.4, -0.2) is 60.1 Å². The summed E-state index contributed by atoms with van der Waals surface area (Å²) in [5, 5.41) is 5.32. The fourth-order valence-corrected chi connectivity index (χ4v) is 3.81. The fraction of sp³-hybridized carbons (Fsp3) is 0.643. The molecule has 9 heteroatoms. The second-order valence-electron chi connectivity index (χ2n) is 10.6. The number of nitrogens with one attached hydrogen (secondary N) is 2. The lowest BCUT2D eigenvalue weighted by molar-refractivity contribution is -0.144. The van der Waals surface area contributed by atoms with Crippen molar-refractivity contribution >= 4 is 23.9 Å². The van der Waals surface area contributed by atoms with E-state index < -0.39 is 35.5 Å². The number of benzene rings is 1. The van der Waals surface area contributed by atoms with Crippen LogP contribution in [0.1, 0.15) is 84.9 Å². The molecule has 0 radical (unpaired) electrons. The maximum atomic E-state index is 13.6. The van der Waals surface area contributed by atoms with Gasteiger partial charge in [-0.05, 0) is 65.9 Å². The Morgan fingerprint density at radius 2 is 1.70 bits per heavy atom. The Balaban J connectivity index is 3.27. The lowest BCUT2D eigenvalue weighted by atomic mass is 9.97. The van der Waals surface area contributed by atoms with E-state index in [0.29, 0.717) is 17.9 Å². The zero-order chi connectivity index (χ0) is 28.2. The van der Waals surface area contributed by atoms with E-state index in [9.17, 15) is 19.2 Å². The zero-order valence-corrected chi connectivity index (χ0v) is 23.7. The summed E-state index contributed by atoms with van der Waals surface area (Å²) in [6, 6.07) is 6.18. The predicted molar refractivity (Wildman–Crippen MR) is 143 cm³/mol. The second kappa shape index (κ2) is 15.2. The van der Waals surface area contributed by atoms with Crippen LogP contribution in [0.5, 0.6) is 0 Å². The normalized spacial score (nSPS) is 12.9. The van der Waals surface area contributed by atoms with E-state index in [1.54, 1.807) is 33.8 Å². The molecule has 0 fully saturated rings. The van der Waals surface area contributed by atoms with Crippen LogP contribution in [-0.2, 0) is 23.9 Å². The van der Waals surface area contributed by atoms with Gasteiger partial charge in [-0.2, -0.15) is 0 Å². The predicted octanol–water partition coefficient (Wildman–Crippen LogP) is 4.28. The number of esters is 1. The maximum Gasteiger partial charge on any atom is 0.408 e. The van der Waals surface area contributed by atoms with Crippen molar-refractivity contribution in [2.45, 2.75) is 92.3 Å². The zero-order valence-electron chi connectivity index (χ0n) is 23.7. The van der Waals surface area contributed by atoms with Crippen molar-refractivity contribution in [1.29, 1.82) is 0 Å². The molecule has 3 amide bonds. The van der Waals surface area contributed by atoms with E-state index >= 15 is 0 Å². The highest BCUT2D eigenvalue weighted by Crippen LogP contribution is 2.27. The molecule has 0 saturated heterocycles. The van der Waals surface area contributed by atoms with Crippen LogP contribution in [0.2, 0.25) is 0 Å². The van der Waals surface area contributed by atoms with Gasteiger partial charge in [-0.25, -0.2) is 4.79 Å². The van der Waals surface area contributed by atoms with E-state index in [0.717, 1.165) is 12.0 Å². The minimum atomic E-state index is -0.947. The first-order chi connectivity index (χ1) is 17.2. The molecule has 0 spiro atoms. The van der Waals surface area contributed by atoms with Gasteiger partial charge in [-0.15, -0.1) is 0 Å². The number of rotatable bonds is 13. The Morgan fingerprint density at radius 3 is 2.27 bits per heavy atom. The molecule has 2 N–H and O–H groups in total. The van der Waals surface area contributed by atoms with Gasteiger partial charge in [-0.1, -0.05) is 43.7 Å². The van der Waals surface area contributed by atoms with Crippen molar-refractivity contribution in [2.24, 2.45) is 5.92 Å². The summed E-state index contributed by atoms with van der Waals surface area (Å²) in [7, 11) is 0. The third-order valence-electron chi connectivity index (χ3n) is 5.53. The maximum absolute atomic E-state index is 13.6. The quantitative estimate of drug-likeness (QED) is 0.376. The topological polar surface area (TPSA) is 114 Å². The summed E-state index contributed by atoms with van der Waals surface area (Å²) in [5.74, 6) is -0.809. The summed E-state index contributed by atoms with van der Waals surface area (Å²) in [6.45, 7) is 15.0. The van der Waals surface area contributed by atoms with Crippen molar-refractivity contribution in [3.05, 3.63) is 35.4 Å². The van der Waals surface area contributed by atoms with Gasteiger partial charge >= 0.3 is 12.1 Å². The molecule has 0 aliphatic rings. The Morgan fingerprint density at radius 1 is 1.03 bits per heavy atom. The molecule has 2 unspecified atom stereocenters. The molecule has 9 nitrogen and oxygen atoms in total. The van der Waals surface area contributed by atoms with Crippen molar-refractivity contribution in [3.63, 3.8) is 0 Å². The van der Waals surface area contributed by atoms with E-state index in [2.05, 4.69) is 24.5 Å². The number of aryl methyl sites for hydroxylation is 1. The van der Waals surface area contributed by atoms with Gasteiger partial charge in [0.1, 0.15) is 18.2 Å². The molecule has 0 bridgehead atoms. The summed E-state index contributed by atoms with van der Waals surface area (Å²) in [4.78, 5) is 52.6. The van der Waals surface area contributed by atoms with Crippen LogP contribution in [0.25, 0.3) is 0 Å². The number of ether oxygens (including phenoxy) is 2. The molecule has 0 saturated carbocycles. The monoisotopic (exact) mass is 519 g/mol.